The summed E-state index contributed by atoms with van der Waals surface area (Å²) in [6, 6.07) is 0. The molecule has 0 aliphatic heterocycles. The summed E-state index contributed by atoms with van der Waals surface area (Å²) in [5.41, 5.74) is 2.40. The zero-order valence-electron chi connectivity index (χ0n) is 7.85. The molecule has 1 radical (unpaired) electrons. The van der Waals surface area contributed by atoms with Gasteiger partial charge in [0.2, 0.25) is 0 Å². The lowest BCUT2D eigenvalue weighted by molar-refractivity contribution is 0.407. The highest BCUT2D eigenvalue weighted by Gasteiger charge is 2.05. The van der Waals surface area contributed by atoms with E-state index in [1.54, 1.807) is 13.3 Å². The second-order valence-corrected chi connectivity index (χ2v) is 2.60. The molecule has 2 heteroatoms. The zero-order valence-corrected chi connectivity index (χ0v) is 7.85. The molecule has 65 valence electrons. The van der Waals surface area contributed by atoms with Crippen molar-refractivity contribution < 1.29 is 4.74 Å². The molecular weight excluding hydrogens is 150 g/mol. The van der Waals surface area contributed by atoms with Crippen molar-refractivity contribution in [1.29, 1.82) is 0 Å². The first-order valence-electron chi connectivity index (χ1n) is 4.25. The Morgan fingerprint density at radius 1 is 1.42 bits per heavy atom. The number of methoxy groups -OCH3 is 1. The van der Waals surface area contributed by atoms with Gasteiger partial charge in [-0.1, -0.05) is 13.8 Å². The molecule has 12 heavy (non-hydrogen) atoms. The van der Waals surface area contributed by atoms with E-state index in [0.29, 0.717) is 0 Å². The van der Waals surface area contributed by atoms with Gasteiger partial charge in [-0.15, -0.1) is 0 Å². The van der Waals surface area contributed by atoms with E-state index in [9.17, 15) is 0 Å². The quantitative estimate of drug-likeness (QED) is 0.681. The van der Waals surface area contributed by atoms with E-state index < -0.39 is 0 Å². The summed E-state index contributed by atoms with van der Waals surface area (Å²) in [5.74, 6) is 0.883. The van der Waals surface area contributed by atoms with Crippen LogP contribution in [-0.2, 0) is 12.8 Å². The fourth-order valence-corrected chi connectivity index (χ4v) is 1.32. The molecule has 0 bridgehead atoms. The van der Waals surface area contributed by atoms with Crippen LogP contribution in [0.15, 0.2) is 6.20 Å². The van der Waals surface area contributed by atoms with E-state index in [0.717, 1.165) is 24.2 Å². The molecule has 1 heterocycles. The lowest BCUT2D eigenvalue weighted by atomic mass is 10.1. The van der Waals surface area contributed by atoms with E-state index in [2.05, 4.69) is 25.0 Å². The highest BCUT2D eigenvalue weighted by molar-refractivity contribution is 5.36. The highest BCUT2D eigenvalue weighted by Crippen LogP contribution is 2.20. The smallest absolute Gasteiger partial charge is 0.140 e. The number of rotatable bonds is 3. The third-order valence-electron chi connectivity index (χ3n) is 1.97. The molecule has 1 aromatic heterocycles. The molecule has 1 rings (SSSR count). The Kier molecular flexibility index (Phi) is 3.09. The molecule has 0 saturated heterocycles. The second kappa shape index (κ2) is 4.10. The third kappa shape index (κ3) is 1.58. The number of hydrogen-bond donors (Lipinski definition) is 0. The van der Waals surface area contributed by atoms with E-state index in [1.807, 2.05) is 0 Å². The topological polar surface area (TPSA) is 22.1 Å². The standard InChI is InChI=1S/C10H14NO/c1-4-8-6-11-7-10(12-3)9(8)5-2/h7H,4-5H2,1-3H3. The van der Waals surface area contributed by atoms with Crippen molar-refractivity contribution in [3.05, 3.63) is 23.5 Å². The van der Waals surface area contributed by atoms with Crippen LogP contribution in [0.3, 0.4) is 0 Å². The van der Waals surface area contributed by atoms with Crippen molar-refractivity contribution in [3.8, 4) is 5.75 Å². The largest absolute Gasteiger partial charge is 0.495 e. The van der Waals surface area contributed by atoms with Gasteiger partial charge in [0.05, 0.1) is 19.5 Å². The molecule has 0 amide bonds. The van der Waals surface area contributed by atoms with Crippen LogP contribution in [0.4, 0.5) is 0 Å². The van der Waals surface area contributed by atoms with Gasteiger partial charge in [-0.3, -0.25) is 4.98 Å². The van der Waals surface area contributed by atoms with Crippen LogP contribution >= 0.6 is 0 Å². The average Bonchev–Trinajstić information content (AvgIpc) is 2.16. The Balaban J connectivity index is 3.13. The van der Waals surface area contributed by atoms with E-state index >= 15 is 0 Å². The first-order valence-corrected chi connectivity index (χ1v) is 4.25. The van der Waals surface area contributed by atoms with Crippen LogP contribution in [0, 0.1) is 6.20 Å². The predicted molar refractivity (Wildman–Crippen MR) is 48.4 cm³/mol. The van der Waals surface area contributed by atoms with E-state index in [-0.39, 0.29) is 0 Å². The van der Waals surface area contributed by atoms with Crippen molar-refractivity contribution in [2.45, 2.75) is 26.7 Å². The molecule has 0 aromatic carbocycles. The number of aryl methyl sites for hydroxylation is 1. The first-order chi connectivity index (χ1) is 5.83. The Bertz CT molecular complexity index is 236. The second-order valence-electron chi connectivity index (χ2n) is 2.60. The minimum Gasteiger partial charge on any atom is -0.495 e. The Labute approximate surface area is 73.6 Å². The summed E-state index contributed by atoms with van der Waals surface area (Å²) < 4.78 is 5.20. The fraction of sp³-hybridized carbons (Fsp3) is 0.500. The fourth-order valence-electron chi connectivity index (χ4n) is 1.32. The minimum absolute atomic E-state index is 0.883. The minimum atomic E-state index is 0.883. The Morgan fingerprint density at radius 3 is 2.67 bits per heavy atom. The van der Waals surface area contributed by atoms with Crippen molar-refractivity contribution in [2.24, 2.45) is 0 Å². The van der Waals surface area contributed by atoms with Gasteiger partial charge in [-0.05, 0) is 18.4 Å². The SMILES string of the molecule is CCc1[c]ncc(OC)c1CC. The first kappa shape index (κ1) is 9.04. The molecule has 0 atom stereocenters. The number of ether oxygens (including phenoxy) is 1. The Hall–Kier alpha value is -1.05. The maximum absolute atomic E-state index is 5.20. The number of pyridine rings is 1. The van der Waals surface area contributed by atoms with Crippen molar-refractivity contribution >= 4 is 0 Å². The van der Waals surface area contributed by atoms with Crippen LogP contribution in [0.25, 0.3) is 0 Å². The van der Waals surface area contributed by atoms with Crippen molar-refractivity contribution in [1.82, 2.24) is 4.98 Å². The zero-order chi connectivity index (χ0) is 8.97. The highest BCUT2D eigenvalue weighted by atomic mass is 16.5. The monoisotopic (exact) mass is 164 g/mol. The van der Waals surface area contributed by atoms with Gasteiger partial charge in [-0.25, -0.2) is 0 Å². The summed E-state index contributed by atoms with van der Waals surface area (Å²) in [7, 11) is 1.68. The van der Waals surface area contributed by atoms with Crippen LogP contribution in [0.1, 0.15) is 25.0 Å². The van der Waals surface area contributed by atoms with E-state index in [1.165, 1.54) is 5.56 Å². The van der Waals surface area contributed by atoms with Gasteiger partial charge in [0.25, 0.3) is 0 Å². The van der Waals surface area contributed by atoms with Crippen LogP contribution in [0.5, 0.6) is 5.75 Å². The normalized spacial score (nSPS) is 9.92. The molecule has 0 aliphatic carbocycles. The van der Waals surface area contributed by atoms with E-state index in [4.69, 9.17) is 4.74 Å². The third-order valence-corrected chi connectivity index (χ3v) is 1.97. The molecule has 0 N–H and O–H groups in total. The lowest BCUT2D eigenvalue weighted by Crippen LogP contribution is -1.97. The van der Waals surface area contributed by atoms with Crippen LogP contribution in [0.2, 0.25) is 0 Å². The van der Waals surface area contributed by atoms with Crippen molar-refractivity contribution in [2.75, 3.05) is 7.11 Å². The molecule has 0 unspecified atom stereocenters. The predicted octanol–water partition coefficient (Wildman–Crippen LogP) is 2.02. The van der Waals surface area contributed by atoms with Gasteiger partial charge in [-0.2, -0.15) is 0 Å². The van der Waals surface area contributed by atoms with Gasteiger partial charge in [0.1, 0.15) is 5.75 Å². The summed E-state index contributed by atoms with van der Waals surface area (Å²) in [4.78, 5) is 3.98. The number of nitrogens with zero attached hydrogens (tertiary/aromatic N) is 1. The van der Waals surface area contributed by atoms with Crippen LogP contribution in [-0.4, -0.2) is 12.1 Å². The summed E-state index contributed by atoms with van der Waals surface area (Å²) >= 11 is 0. The molecule has 1 aromatic rings. The van der Waals surface area contributed by atoms with Crippen LogP contribution < -0.4 is 4.74 Å². The van der Waals surface area contributed by atoms with Gasteiger partial charge in [0, 0.05) is 5.56 Å². The van der Waals surface area contributed by atoms with Gasteiger partial charge < -0.3 is 4.74 Å². The van der Waals surface area contributed by atoms with Crippen molar-refractivity contribution in [3.63, 3.8) is 0 Å². The maximum Gasteiger partial charge on any atom is 0.140 e. The summed E-state index contributed by atoms with van der Waals surface area (Å²) in [6.45, 7) is 4.22. The lowest BCUT2D eigenvalue weighted by Gasteiger charge is -2.08. The average molecular weight is 164 g/mol. The van der Waals surface area contributed by atoms with Gasteiger partial charge in [0.15, 0.2) is 0 Å². The number of hydrogen-bond acceptors (Lipinski definition) is 2. The Morgan fingerprint density at radius 2 is 2.17 bits per heavy atom. The molecule has 0 fully saturated rings. The van der Waals surface area contributed by atoms with Gasteiger partial charge >= 0.3 is 0 Å². The molecule has 2 nitrogen and oxygen atoms in total. The maximum atomic E-state index is 5.20. The molecule has 0 saturated carbocycles. The summed E-state index contributed by atoms with van der Waals surface area (Å²) in [6.07, 6.45) is 6.65. The number of aromatic nitrogens is 1. The molecular formula is C10H14NO. The molecule has 0 aliphatic rings. The molecule has 0 spiro atoms. The summed E-state index contributed by atoms with van der Waals surface area (Å²) in [5, 5.41) is 0.